The number of nitrogens with zero attached hydrogens (tertiary/aromatic N) is 1. The van der Waals surface area contributed by atoms with E-state index in [9.17, 15) is 4.79 Å². The summed E-state index contributed by atoms with van der Waals surface area (Å²) in [4.78, 5) is 13.9. The van der Waals surface area contributed by atoms with Gasteiger partial charge in [-0.25, -0.2) is 0 Å². The molecule has 100 valence electrons. The molecule has 5 nitrogen and oxygen atoms in total. The summed E-state index contributed by atoms with van der Waals surface area (Å²) in [6, 6.07) is 0.253. The first-order valence-corrected chi connectivity index (χ1v) is 6.52. The van der Waals surface area contributed by atoms with Crippen molar-refractivity contribution in [2.45, 2.75) is 26.3 Å². The quantitative estimate of drug-likeness (QED) is 0.651. The molecule has 0 saturated carbocycles. The van der Waals surface area contributed by atoms with Crippen LogP contribution in [-0.2, 0) is 9.53 Å². The Morgan fingerprint density at radius 3 is 2.76 bits per heavy atom. The van der Waals surface area contributed by atoms with Gasteiger partial charge in [0.25, 0.3) is 0 Å². The molecule has 1 saturated heterocycles. The summed E-state index contributed by atoms with van der Waals surface area (Å²) in [6.07, 6.45) is 0.553. The van der Waals surface area contributed by atoms with Crippen molar-refractivity contribution < 1.29 is 9.53 Å². The maximum atomic E-state index is 11.6. The van der Waals surface area contributed by atoms with Crippen molar-refractivity contribution in [3.05, 3.63) is 0 Å². The highest BCUT2D eigenvalue weighted by molar-refractivity contribution is 5.76. The Bertz CT molecular complexity index is 218. The van der Waals surface area contributed by atoms with Crippen molar-refractivity contribution in [1.82, 2.24) is 15.5 Å². The van der Waals surface area contributed by atoms with Gasteiger partial charge in [-0.15, -0.1) is 0 Å². The van der Waals surface area contributed by atoms with Crippen LogP contribution < -0.4 is 10.6 Å². The van der Waals surface area contributed by atoms with E-state index in [2.05, 4.69) is 15.5 Å². The van der Waals surface area contributed by atoms with Gasteiger partial charge < -0.3 is 15.4 Å². The van der Waals surface area contributed by atoms with Crippen LogP contribution in [0.25, 0.3) is 0 Å². The van der Waals surface area contributed by atoms with E-state index in [0.29, 0.717) is 6.42 Å². The molecule has 17 heavy (non-hydrogen) atoms. The maximum absolute atomic E-state index is 11.6. The van der Waals surface area contributed by atoms with Crippen molar-refractivity contribution in [1.29, 1.82) is 0 Å². The van der Waals surface area contributed by atoms with Crippen molar-refractivity contribution in [3.8, 4) is 0 Å². The third-order valence-electron chi connectivity index (χ3n) is 2.90. The van der Waals surface area contributed by atoms with Crippen LogP contribution in [0.4, 0.5) is 0 Å². The van der Waals surface area contributed by atoms with Crippen molar-refractivity contribution in [3.63, 3.8) is 0 Å². The Hall–Kier alpha value is -0.650. The molecule has 5 heteroatoms. The van der Waals surface area contributed by atoms with Crippen LogP contribution in [0.1, 0.15) is 20.3 Å². The number of carbonyl (C=O) groups is 1. The molecule has 1 aliphatic heterocycles. The molecule has 0 radical (unpaired) electrons. The summed E-state index contributed by atoms with van der Waals surface area (Å²) in [6.45, 7) is 10.2. The van der Waals surface area contributed by atoms with Crippen molar-refractivity contribution in [2.24, 2.45) is 0 Å². The number of carbonyl (C=O) groups excluding carboxylic acids is 1. The molecular weight excluding hydrogens is 218 g/mol. The van der Waals surface area contributed by atoms with Crippen LogP contribution in [0.15, 0.2) is 0 Å². The number of nitrogens with one attached hydrogen (secondary N) is 2. The summed E-state index contributed by atoms with van der Waals surface area (Å²) in [5.41, 5.74) is 0. The van der Waals surface area contributed by atoms with E-state index < -0.39 is 0 Å². The predicted octanol–water partition coefficient (Wildman–Crippen LogP) is -0.177. The monoisotopic (exact) mass is 243 g/mol. The third kappa shape index (κ3) is 6.61. The molecular formula is C12H25N3O2. The fourth-order valence-corrected chi connectivity index (χ4v) is 1.95. The Balaban J connectivity index is 2.03. The largest absolute Gasteiger partial charge is 0.379 e. The van der Waals surface area contributed by atoms with E-state index in [4.69, 9.17) is 4.74 Å². The Morgan fingerprint density at radius 2 is 2.12 bits per heavy atom. The SMILES string of the molecule is CCNC(C)CC(=O)NCCN1CCOCC1. The molecule has 1 rings (SSSR count). The van der Waals surface area contributed by atoms with E-state index in [1.165, 1.54) is 0 Å². The van der Waals surface area contributed by atoms with Gasteiger partial charge in [0.15, 0.2) is 0 Å². The molecule has 1 fully saturated rings. The van der Waals surface area contributed by atoms with Crippen LogP contribution in [0.2, 0.25) is 0 Å². The number of ether oxygens (including phenoxy) is 1. The van der Waals surface area contributed by atoms with Gasteiger partial charge in [-0.05, 0) is 13.5 Å². The molecule has 1 heterocycles. The zero-order valence-corrected chi connectivity index (χ0v) is 11.0. The van der Waals surface area contributed by atoms with Crippen LogP contribution in [0, 0.1) is 0 Å². The molecule has 0 aliphatic carbocycles. The zero-order valence-electron chi connectivity index (χ0n) is 11.0. The number of hydrogen-bond donors (Lipinski definition) is 2. The van der Waals surface area contributed by atoms with E-state index in [0.717, 1.165) is 45.9 Å². The van der Waals surface area contributed by atoms with E-state index in [1.54, 1.807) is 0 Å². The normalized spacial score (nSPS) is 18.9. The molecule has 1 amide bonds. The highest BCUT2D eigenvalue weighted by Gasteiger charge is 2.11. The summed E-state index contributed by atoms with van der Waals surface area (Å²) in [5, 5.41) is 6.19. The highest BCUT2D eigenvalue weighted by atomic mass is 16.5. The number of hydrogen-bond acceptors (Lipinski definition) is 4. The van der Waals surface area contributed by atoms with Gasteiger partial charge >= 0.3 is 0 Å². The molecule has 1 aliphatic rings. The van der Waals surface area contributed by atoms with Gasteiger partial charge in [0.05, 0.1) is 13.2 Å². The summed E-state index contributed by atoms with van der Waals surface area (Å²) >= 11 is 0. The minimum absolute atomic E-state index is 0.131. The van der Waals surface area contributed by atoms with Gasteiger partial charge in [0, 0.05) is 38.6 Å². The van der Waals surface area contributed by atoms with Gasteiger partial charge in [-0.2, -0.15) is 0 Å². The molecule has 0 aromatic heterocycles. The lowest BCUT2D eigenvalue weighted by atomic mass is 10.2. The van der Waals surface area contributed by atoms with Crippen LogP contribution in [0.3, 0.4) is 0 Å². The van der Waals surface area contributed by atoms with E-state index in [1.807, 2.05) is 13.8 Å². The average molecular weight is 243 g/mol. The number of amides is 1. The predicted molar refractivity (Wildman–Crippen MR) is 68.0 cm³/mol. The molecule has 0 spiro atoms. The lowest BCUT2D eigenvalue weighted by molar-refractivity contribution is -0.121. The summed E-state index contributed by atoms with van der Waals surface area (Å²) in [7, 11) is 0. The summed E-state index contributed by atoms with van der Waals surface area (Å²) in [5.74, 6) is 0.131. The molecule has 2 N–H and O–H groups in total. The number of morpholine rings is 1. The topological polar surface area (TPSA) is 53.6 Å². The second-order valence-electron chi connectivity index (χ2n) is 4.47. The van der Waals surface area contributed by atoms with Gasteiger partial charge in [0.2, 0.25) is 5.91 Å². The highest BCUT2D eigenvalue weighted by Crippen LogP contribution is 1.95. The van der Waals surface area contributed by atoms with Crippen molar-refractivity contribution in [2.75, 3.05) is 45.9 Å². The standard InChI is InChI=1S/C12H25N3O2/c1-3-13-11(2)10-12(16)14-4-5-15-6-8-17-9-7-15/h11,13H,3-10H2,1-2H3,(H,14,16). The van der Waals surface area contributed by atoms with Crippen LogP contribution in [-0.4, -0.2) is 62.8 Å². The van der Waals surface area contributed by atoms with E-state index in [-0.39, 0.29) is 11.9 Å². The molecule has 1 unspecified atom stereocenters. The van der Waals surface area contributed by atoms with Crippen molar-refractivity contribution >= 4 is 5.91 Å². The Kier molecular flexibility index (Phi) is 7.16. The fourth-order valence-electron chi connectivity index (χ4n) is 1.95. The lowest BCUT2D eigenvalue weighted by Crippen LogP contribution is -2.42. The van der Waals surface area contributed by atoms with Gasteiger partial charge in [0.1, 0.15) is 0 Å². The fraction of sp³-hybridized carbons (Fsp3) is 0.917. The van der Waals surface area contributed by atoms with Crippen LogP contribution in [0.5, 0.6) is 0 Å². The minimum atomic E-state index is 0.131. The molecule has 0 aromatic rings. The smallest absolute Gasteiger partial charge is 0.221 e. The van der Waals surface area contributed by atoms with E-state index >= 15 is 0 Å². The zero-order chi connectivity index (χ0) is 12.5. The molecule has 0 bridgehead atoms. The second kappa shape index (κ2) is 8.44. The first kappa shape index (κ1) is 14.4. The lowest BCUT2D eigenvalue weighted by Gasteiger charge is -2.26. The van der Waals surface area contributed by atoms with Gasteiger partial charge in [-0.3, -0.25) is 9.69 Å². The average Bonchev–Trinajstić information content (AvgIpc) is 2.30. The Morgan fingerprint density at radius 1 is 1.41 bits per heavy atom. The maximum Gasteiger partial charge on any atom is 0.221 e. The second-order valence-corrected chi connectivity index (χ2v) is 4.47. The third-order valence-corrected chi connectivity index (χ3v) is 2.90. The first-order chi connectivity index (χ1) is 8.22. The van der Waals surface area contributed by atoms with Crippen LogP contribution >= 0.6 is 0 Å². The molecule has 0 aromatic carbocycles. The van der Waals surface area contributed by atoms with Gasteiger partial charge in [-0.1, -0.05) is 6.92 Å². The first-order valence-electron chi connectivity index (χ1n) is 6.52. The minimum Gasteiger partial charge on any atom is -0.379 e. The molecule has 1 atom stereocenters. The Labute approximate surface area is 104 Å². The summed E-state index contributed by atoms with van der Waals surface area (Å²) < 4.78 is 5.27. The number of rotatable bonds is 7.